The Hall–Kier alpha value is -6.44. The lowest BCUT2D eigenvalue weighted by Gasteiger charge is -2.30. The van der Waals surface area contributed by atoms with Crippen LogP contribution in [0.5, 0.6) is 0 Å². The van der Waals surface area contributed by atoms with Gasteiger partial charge in [-0.15, -0.1) is 0 Å². The van der Waals surface area contributed by atoms with E-state index in [1.807, 2.05) is 109 Å². The molecule has 12 heteroatoms. The summed E-state index contributed by atoms with van der Waals surface area (Å²) in [5.74, 6) is 0.480. The zero-order valence-corrected chi connectivity index (χ0v) is 35.8. The van der Waals surface area contributed by atoms with Gasteiger partial charge in [-0.05, 0) is 46.5 Å². The molecule has 0 saturated heterocycles. The third-order valence-electron chi connectivity index (χ3n) is 10.2. The number of ether oxygens (including phenoxy) is 6. The van der Waals surface area contributed by atoms with E-state index in [4.69, 9.17) is 38.4 Å². The molecule has 0 amide bonds. The molecule has 1 aromatic heterocycles. The predicted octanol–water partition coefficient (Wildman–Crippen LogP) is 8.39. The Bertz CT molecular complexity index is 2280. The molecule has 1 heterocycles. The lowest BCUT2D eigenvalue weighted by Crippen LogP contribution is -2.34. The number of carbonyl (C=O) groups is 2. The summed E-state index contributed by atoms with van der Waals surface area (Å²) in [7, 11) is 6.68. The molecule has 6 rings (SSSR count). The minimum atomic E-state index is -0.421. The summed E-state index contributed by atoms with van der Waals surface area (Å²) in [5, 5.41) is 0. The Morgan fingerprint density at radius 2 is 0.726 bits per heavy atom. The molecule has 0 unspecified atom stereocenters. The molecule has 0 bridgehead atoms. The molecule has 0 aliphatic carbocycles. The van der Waals surface area contributed by atoms with E-state index in [1.54, 1.807) is 52.7 Å². The van der Waals surface area contributed by atoms with Crippen LogP contribution in [0.3, 0.4) is 0 Å². The maximum atomic E-state index is 13.1. The molecule has 12 nitrogen and oxygen atoms in total. The van der Waals surface area contributed by atoms with Crippen LogP contribution in [0.4, 0.5) is 11.6 Å². The summed E-state index contributed by atoms with van der Waals surface area (Å²) in [6, 6.07) is 42.0. The summed E-state index contributed by atoms with van der Waals surface area (Å²) in [5.41, 5.74) is 7.54. The number of esters is 2. The van der Waals surface area contributed by atoms with Gasteiger partial charge in [0.2, 0.25) is 0 Å². The number of methoxy groups -OCH3 is 4. The van der Waals surface area contributed by atoms with E-state index in [1.165, 1.54) is 0 Å². The van der Waals surface area contributed by atoms with Crippen LogP contribution in [-0.2, 0) is 41.6 Å². The van der Waals surface area contributed by atoms with Crippen molar-refractivity contribution in [3.8, 4) is 33.6 Å². The van der Waals surface area contributed by atoms with Crippen molar-refractivity contribution in [1.29, 1.82) is 0 Å². The molecule has 0 spiro atoms. The zero-order valence-electron chi connectivity index (χ0n) is 35.8. The van der Waals surface area contributed by atoms with Crippen molar-refractivity contribution in [1.82, 2.24) is 9.97 Å². The summed E-state index contributed by atoms with van der Waals surface area (Å²) in [6.07, 6.45) is 0. The van der Waals surface area contributed by atoms with E-state index >= 15 is 0 Å². The van der Waals surface area contributed by atoms with E-state index < -0.39 is 5.97 Å². The molecule has 5 aromatic carbocycles. The van der Waals surface area contributed by atoms with Gasteiger partial charge in [-0.1, -0.05) is 109 Å². The fourth-order valence-corrected chi connectivity index (χ4v) is 6.70. The second kappa shape index (κ2) is 23.5. The molecular formula is C50H54N4O8. The number of anilines is 2. The number of hydrogen-bond donors (Lipinski definition) is 0. The van der Waals surface area contributed by atoms with Crippen LogP contribution in [0.25, 0.3) is 33.6 Å². The van der Waals surface area contributed by atoms with Crippen LogP contribution in [0.1, 0.15) is 31.8 Å². The van der Waals surface area contributed by atoms with Gasteiger partial charge in [0.15, 0.2) is 11.6 Å². The van der Waals surface area contributed by atoms with Gasteiger partial charge in [0.1, 0.15) is 24.6 Å². The summed E-state index contributed by atoms with van der Waals surface area (Å²) < 4.78 is 33.4. The minimum absolute atomic E-state index is 0.174. The predicted molar refractivity (Wildman–Crippen MR) is 241 cm³/mol. The van der Waals surface area contributed by atoms with E-state index in [-0.39, 0.29) is 19.2 Å². The molecule has 0 radical (unpaired) electrons. The van der Waals surface area contributed by atoms with Gasteiger partial charge in [-0.3, -0.25) is 0 Å². The van der Waals surface area contributed by atoms with Gasteiger partial charge in [0.25, 0.3) is 0 Å². The molecule has 0 aliphatic rings. The second-order valence-electron chi connectivity index (χ2n) is 14.4. The molecule has 0 fully saturated rings. The number of nitrogens with zero attached hydrogens (tertiary/aromatic N) is 4. The topological polar surface area (TPSA) is 122 Å². The van der Waals surface area contributed by atoms with Crippen molar-refractivity contribution >= 4 is 23.6 Å². The van der Waals surface area contributed by atoms with Gasteiger partial charge in [0.05, 0.1) is 37.6 Å². The van der Waals surface area contributed by atoms with E-state index in [0.717, 1.165) is 33.4 Å². The van der Waals surface area contributed by atoms with Gasteiger partial charge in [-0.2, -0.15) is 0 Å². The molecule has 0 atom stereocenters. The fourth-order valence-electron chi connectivity index (χ4n) is 6.70. The van der Waals surface area contributed by atoms with Gasteiger partial charge >= 0.3 is 11.9 Å². The fraction of sp³-hybridized carbons (Fsp3) is 0.280. The Kier molecular flexibility index (Phi) is 17.1. The number of aromatic nitrogens is 2. The summed E-state index contributed by atoms with van der Waals surface area (Å²) in [6.45, 7) is 4.28. The van der Waals surface area contributed by atoms with Crippen molar-refractivity contribution < 1.29 is 38.0 Å². The Labute approximate surface area is 364 Å². The van der Waals surface area contributed by atoms with Crippen LogP contribution in [0.2, 0.25) is 0 Å². The normalized spacial score (nSPS) is 11.0. The largest absolute Gasteiger partial charge is 0.457 e. The molecule has 322 valence electrons. The lowest BCUT2D eigenvalue weighted by molar-refractivity contribution is 0.0464. The SMILES string of the molecule is COCCN(CCOC)c1nc(-c2ccc(-c3ccc(C(=O)OCc4ccccc4)cc3)cc2)c(N(CCOC)CCOC)nc1-c1ccc(C(=O)OCc2ccccc2)cc1. The van der Waals surface area contributed by atoms with Gasteiger partial charge in [0, 0.05) is 65.7 Å². The van der Waals surface area contributed by atoms with Crippen molar-refractivity contribution in [2.24, 2.45) is 0 Å². The Balaban J connectivity index is 1.37. The first-order valence-corrected chi connectivity index (χ1v) is 20.5. The monoisotopic (exact) mass is 838 g/mol. The van der Waals surface area contributed by atoms with Crippen molar-refractivity contribution in [3.63, 3.8) is 0 Å². The highest BCUT2D eigenvalue weighted by Crippen LogP contribution is 2.37. The van der Waals surface area contributed by atoms with E-state index in [2.05, 4.69) is 9.80 Å². The van der Waals surface area contributed by atoms with Gasteiger partial charge in [-0.25, -0.2) is 19.6 Å². The molecule has 0 saturated carbocycles. The number of carbonyl (C=O) groups excluding carboxylic acids is 2. The Morgan fingerprint density at radius 3 is 1.06 bits per heavy atom. The van der Waals surface area contributed by atoms with E-state index in [0.29, 0.717) is 86.8 Å². The van der Waals surface area contributed by atoms with Crippen LogP contribution < -0.4 is 9.80 Å². The molecule has 6 aromatic rings. The molecule has 0 aliphatic heterocycles. The maximum Gasteiger partial charge on any atom is 0.338 e. The highest BCUT2D eigenvalue weighted by Gasteiger charge is 2.25. The quantitative estimate of drug-likeness (QED) is 0.0577. The summed E-state index contributed by atoms with van der Waals surface area (Å²) >= 11 is 0. The molecule has 62 heavy (non-hydrogen) atoms. The standard InChI is InChI=1S/C50H54N4O8/c1-57-31-27-53(28-32-58-2)47-45(41-19-15-39(16-20-41)40-17-23-43(24-18-40)49(55)61-35-37-11-7-5-8-12-37)51-48(54(29-33-59-3)30-34-60-4)46(52-47)42-21-25-44(26-22-42)50(56)62-36-38-13-9-6-10-14-38/h5-26H,27-36H2,1-4H3. The van der Waals surface area contributed by atoms with E-state index in [9.17, 15) is 9.59 Å². The van der Waals surface area contributed by atoms with Gasteiger partial charge < -0.3 is 38.2 Å². The Morgan fingerprint density at radius 1 is 0.419 bits per heavy atom. The second-order valence-corrected chi connectivity index (χ2v) is 14.4. The van der Waals surface area contributed by atoms with Crippen molar-refractivity contribution in [2.45, 2.75) is 13.2 Å². The first kappa shape index (κ1) is 45.1. The third-order valence-corrected chi connectivity index (χ3v) is 10.2. The average molecular weight is 839 g/mol. The third kappa shape index (κ3) is 12.3. The summed E-state index contributed by atoms with van der Waals surface area (Å²) in [4.78, 5) is 41.0. The molecule has 0 N–H and O–H groups in total. The smallest absolute Gasteiger partial charge is 0.338 e. The zero-order chi connectivity index (χ0) is 43.5. The maximum absolute atomic E-state index is 13.1. The lowest BCUT2D eigenvalue weighted by atomic mass is 10.0. The minimum Gasteiger partial charge on any atom is -0.457 e. The highest BCUT2D eigenvalue weighted by atomic mass is 16.5. The van der Waals surface area contributed by atoms with Crippen LogP contribution >= 0.6 is 0 Å². The number of rotatable bonds is 23. The first-order valence-electron chi connectivity index (χ1n) is 20.5. The van der Waals surface area contributed by atoms with Crippen LogP contribution in [0.15, 0.2) is 133 Å². The molecular weight excluding hydrogens is 785 g/mol. The highest BCUT2D eigenvalue weighted by molar-refractivity contribution is 5.91. The number of hydrogen-bond acceptors (Lipinski definition) is 12. The van der Waals surface area contributed by atoms with Crippen molar-refractivity contribution in [3.05, 3.63) is 156 Å². The van der Waals surface area contributed by atoms with Crippen LogP contribution in [0, 0.1) is 0 Å². The van der Waals surface area contributed by atoms with Crippen LogP contribution in [-0.4, -0.2) is 103 Å². The number of benzene rings is 5. The average Bonchev–Trinajstić information content (AvgIpc) is 3.33. The van der Waals surface area contributed by atoms with Crippen molar-refractivity contribution in [2.75, 3.05) is 90.8 Å². The first-order chi connectivity index (χ1) is 30.4.